The summed E-state index contributed by atoms with van der Waals surface area (Å²) in [5.74, 6) is 3.02. The summed E-state index contributed by atoms with van der Waals surface area (Å²) >= 11 is 0. The number of hydrogen-bond acceptors (Lipinski definition) is 10. The second kappa shape index (κ2) is 10.5. The van der Waals surface area contributed by atoms with Crippen LogP contribution in [-0.4, -0.2) is 56.7 Å². The highest BCUT2D eigenvalue weighted by Crippen LogP contribution is 2.37. The Balaban J connectivity index is 1.41. The maximum atomic E-state index is 5.88. The fourth-order valence-electron chi connectivity index (χ4n) is 4.03. The molecule has 0 saturated carbocycles. The predicted octanol–water partition coefficient (Wildman–Crippen LogP) is 4.06. The van der Waals surface area contributed by atoms with Gasteiger partial charge in [-0.25, -0.2) is 0 Å². The Morgan fingerprint density at radius 1 is 1.14 bits per heavy atom. The molecule has 4 aromatic heterocycles. The Labute approximate surface area is 202 Å². The molecule has 0 aromatic carbocycles. The molecule has 2 N–H and O–H groups in total. The Kier molecular flexibility index (Phi) is 6.85. The SMILES string of the molecule is CCOCCOc1cc(Nc2cc(C)[nH]n2)nc(N2CCCC2c2cc(-c3ccccn3)no2)n1. The van der Waals surface area contributed by atoms with Crippen LogP contribution in [0.4, 0.5) is 17.6 Å². The predicted molar refractivity (Wildman–Crippen MR) is 130 cm³/mol. The molecule has 1 aliphatic rings. The first kappa shape index (κ1) is 22.8. The van der Waals surface area contributed by atoms with Gasteiger partial charge < -0.3 is 24.2 Å². The van der Waals surface area contributed by atoms with Crippen molar-refractivity contribution >= 4 is 17.6 Å². The lowest BCUT2D eigenvalue weighted by Gasteiger charge is -2.23. The number of nitrogens with zero attached hydrogens (tertiary/aromatic N) is 6. The van der Waals surface area contributed by atoms with E-state index in [1.807, 2.05) is 44.2 Å². The van der Waals surface area contributed by atoms with E-state index in [1.54, 1.807) is 12.3 Å². The fraction of sp³-hybridized carbons (Fsp3) is 0.375. The number of H-pyrrole nitrogens is 1. The van der Waals surface area contributed by atoms with Gasteiger partial charge in [0.25, 0.3) is 0 Å². The Morgan fingerprint density at radius 3 is 2.89 bits per heavy atom. The van der Waals surface area contributed by atoms with Crippen LogP contribution >= 0.6 is 0 Å². The Hall–Kier alpha value is -3.99. The van der Waals surface area contributed by atoms with E-state index in [4.69, 9.17) is 24.0 Å². The third-order valence-corrected chi connectivity index (χ3v) is 5.63. The second-order valence-electron chi connectivity index (χ2n) is 8.18. The summed E-state index contributed by atoms with van der Waals surface area (Å²) in [5, 5.41) is 14.7. The minimum absolute atomic E-state index is 0.0425. The standard InChI is InChI=1S/C24H28N8O3/c1-3-33-11-12-34-23-15-21(26-22-13-16(2)29-30-22)27-24(28-23)32-10-6-8-19(32)20-14-18(31-35-20)17-7-4-5-9-25-17/h4-5,7,9,13-15,19H,3,6,8,10-12H2,1-2H3,(H2,26,27,28,29,30). The number of rotatable bonds is 10. The van der Waals surface area contributed by atoms with Crippen LogP contribution in [0.2, 0.25) is 0 Å². The van der Waals surface area contributed by atoms with Gasteiger partial charge >= 0.3 is 0 Å². The third kappa shape index (κ3) is 5.40. The summed E-state index contributed by atoms with van der Waals surface area (Å²) in [6, 6.07) is 11.3. The molecule has 0 bridgehead atoms. The molecule has 35 heavy (non-hydrogen) atoms. The van der Waals surface area contributed by atoms with Crippen LogP contribution in [0.25, 0.3) is 11.4 Å². The van der Waals surface area contributed by atoms with E-state index in [9.17, 15) is 0 Å². The molecule has 5 heterocycles. The van der Waals surface area contributed by atoms with Gasteiger partial charge in [0, 0.05) is 43.2 Å². The third-order valence-electron chi connectivity index (χ3n) is 5.63. The molecule has 1 unspecified atom stereocenters. The van der Waals surface area contributed by atoms with Gasteiger partial charge in [-0.2, -0.15) is 15.1 Å². The maximum absolute atomic E-state index is 5.88. The fourth-order valence-corrected chi connectivity index (χ4v) is 4.03. The van der Waals surface area contributed by atoms with Crippen molar-refractivity contribution in [2.75, 3.05) is 36.6 Å². The summed E-state index contributed by atoms with van der Waals surface area (Å²) in [6.07, 6.45) is 3.62. The average molecular weight is 477 g/mol. The number of pyridine rings is 1. The minimum Gasteiger partial charge on any atom is -0.475 e. The first-order valence-corrected chi connectivity index (χ1v) is 11.7. The molecule has 1 atom stereocenters. The lowest BCUT2D eigenvalue weighted by molar-refractivity contribution is 0.108. The average Bonchev–Trinajstić information content (AvgIpc) is 3.63. The molecule has 1 fully saturated rings. The van der Waals surface area contributed by atoms with Crippen LogP contribution in [0.1, 0.15) is 37.3 Å². The monoisotopic (exact) mass is 476 g/mol. The van der Waals surface area contributed by atoms with Gasteiger partial charge in [0.05, 0.1) is 18.3 Å². The highest BCUT2D eigenvalue weighted by atomic mass is 16.5. The van der Waals surface area contributed by atoms with Crippen molar-refractivity contribution in [2.24, 2.45) is 0 Å². The number of aryl methyl sites for hydroxylation is 1. The molecule has 182 valence electrons. The lowest BCUT2D eigenvalue weighted by Crippen LogP contribution is -2.25. The molecule has 11 nitrogen and oxygen atoms in total. The summed E-state index contributed by atoms with van der Waals surface area (Å²) < 4.78 is 17.0. The van der Waals surface area contributed by atoms with E-state index >= 15 is 0 Å². The van der Waals surface area contributed by atoms with Gasteiger partial charge in [-0.1, -0.05) is 11.2 Å². The Bertz CT molecular complexity index is 1240. The van der Waals surface area contributed by atoms with E-state index in [0.717, 1.165) is 36.5 Å². The van der Waals surface area contributed by atoms with Gasteiger partial charge in [-0.3, -0.25) is 10.1 Å². The second-order valence-corrected chi connectivity index (χ2v) is 8.18. The molecule has 0 amide bonds. The zero-order chi connectivity index (χ0) is 24.0. The number of nitrogens with one attached hydrogen (secondary N) is 2. The van der Waals surface area contributed by atoms with Gasteiger partial charge in [0.2, 0.25) is 11.8 Å². The smallest absolute Gasteiger partial charge is 0.231 e. The van der Waals surface area contributed by atoms with Crippen molar-refractivity contribution in [3.05, 3.63) is 54.0 Å². The van der Waals surface area contributed by atoms with Crippen LogP contribution < -0.4 is 15.0 Å². The summed E-state index contributed by atoms with van der Waals surface area (Å²) in [7, 11) is 0. The van der Waals surface area contributed by atoms with E-state index < -0.39 is 0 Å². The summed E-state index contributed by atoms with van der Waals surface area (Å²) in [5.41, 5.74) is 2.43. The number of aromatic amines is 1. The summed E-state index contributed by atoms with van der Waals surface area (Å²) in [4.78, 5) is 16.0. The molecule has 0 aliphatic carbocycles. The first-order valence-electron chi connectivity index (χ1n) is 11.7. The van der Waals surface area contributed by atoms with Crippen LogP contribution in [0.5, 0.6) is 5.88 Å². The zero-order valence-electron chi connectivity index (χ0n) is 19.8. The molecule has 11 heteroatoms. The van der Waals surface area contributed by atoms with Crippen LogP contribution in [0, 0.1) is 6.92 Å². The molecular formula is C24H28N8O3. The molecule has 4 aromatic rings. The normalized spacial score (nSPS) is 15.5. The van der Waals surface area contributed by atoms with Gasteiger partial charge in [0.15, 0.2) is 11.6 Å². The molecule has 0 spiro atoms. The molecular weight excluding hydrogens is 448 g/mol. The highest BCUT2D eigenvalue weighted by molar-refractivity contribution is 5.57. The maximum Gasteiger partial charge on any atom is 0.231 e. The van der Waals surface area contributed by atoms with E-state index in [2.05, 4.69) is 30.6 Å². The van der Waals surface area contributed by atoms with Crippen molar-refractivity contribution in [1.29, 1.82) is 0 Å². The molecule has 5 rings (SSSR count). The quantitative estimate of drug-likeness (QED) is 0.323. The summed E-state index contributed by atoms with van der Waals surface area (Å²) in [6.45, 7) is 6.19. The van der Waals surface area contributed by atoms with Crippen molar-refractivity contribution < 1.29 is 14.0 Å². The lowest BCUT2D eigenvalue weighted by atomic mass is 10.1. The van der Waals surface area contributed by atoms with Crippen molar-refractivity contribution in [2.45, 2.75) is 32.7 Å². The van der Waals surface area contributed by atoms with Crippen LogP contribution in [-0.2, 0) is 4.74 Å². The Morgan fingerprint density at radius 2 is 2.09 bits per heavy atom. The van der Waals surface area contributed by atoms with E-state index in [0.29, 0.717) is 49.0 Å². The largest absolute Gasteiger partial charge is 0.475 e. The van der Waals surface area contributed by atoms with Crippen LogP contribution in [0.15, 0.2) is 47.1 Å². The van der Waals surface area contributed by atoms with Gasteiger partial charge in [-0.15, -0.1) is 0 Å². The number of hydrogen-bond donors (Lipinski definition) is 2. The van der Waals surface area contributed by atoms with Crippen molar-refractivity contribution in [3.63, 3.8) is 0 Å². The number of anilines is 3. The highest BCUT2D eigenvalue weighted by Gasteiger charge is 2.32. The van der Waals surface area contributed by atoms with Crippen molar-refractivity contribution in [3.8, 4) is 17.3 Å². The molecule has 1 saturated heterocycles. The molecule has 0 radical (unpaired) electrons. The van der Waals surface area contributed by atoms with Gasteiger partial charge in [0.1, 0.15) is 18.1 Å². The molecule has 1 aliphatic heterocycles. The topological polar surface area (TPSA) is 127 Å². The van der Waals surface area contributed by atoms with Crippen LogP contribution in [0.3, 0.4) is 0 Å². The van der Waals surface area contributed by atoms with E-state index in [1.165, 1.54) is 0 Å². The van der Waals surface area contributed by atoms with Crippen molar-refractivity contribution in [1.82, 2.24) is 30.3 Å². The van der Waals surface area contributed by atoms with E-state index in [-0.39, 0.29) is 6.04 Å². The minimum atomic E-state index is -0.0425. The first-order chi connectivity index (χ1) is 17.2. The zero-order valence-corrected chi connectivity index (χ0v) is 19.8. The number of aromatic nitrogens is 6. The number of ether oxygens (including phenoxy) is 2. The van der Waals surface area contributed by atoms with Gasteiger partial charge in [-0.05, 0) is 38.8 Å².